The molecule has 4 nitrogen and oxygen atoms in total. The summed E-state index contributed by atoms with van der Waals surface area (Å²) in [5.74, 6) is 0. The summed E-state index contributed by atoms with van der Waals surface area (Å²) < 4.78 is 2.20. The Morgan fingerprint density at radius 3 is 2.95 bits per heavy atom. The second kappa shape index (κ2) is 5.67. The number of rotatable bonds is 4. The Hall–Kier alpha value is -2.14. The summed E-state index contributed by atoms with van der Waals surface area (Å²) in [6, 6.07) is 8.20. The van der Waals surface area contributed by atoms with Crippen LogP contribution >= 0.6 is 12.2 Å². The lowest BCUT2D eigenvalue weighted by Gasteiger charge is -2.03. The van der Waals surface area contributed by atoms with Gasteiger partial charge in [-0.3, -0.25) is 5.43 Å². The van der Waals surface area contributed by atoms with E-state index in [9.17, 15) is 0 Å². The zero-order valence-corrected chi connectivity index (χ0v) is 11.6. The maximum Gasteiger partial charge on any atom is 0.184 e. The third-order valence-electron chi connectivity index (χ3n) is 2.96. The largest absolute Gasteiger partial charge is 0.375 e. The summed E-state index contributed by atoms with van der Waals surface area (Å²) in [5.41, 5.74) is 11.3. The SMILES string of the molecule is C=CCn1c(C)c(/C=N/NC(N)=S)c2ccccc21. The van der Waals surface area contributed by atoms with Crippen molar-refractivity contribution >= 4 is 34.4 Å². The minimum Gasteiger partial charge on any atom is -0.375 e. The van der Waals surface area contributed by atoms with Crippen molar-refractivity contribution < 1.29 is 0 Å². The predicted molar refractivity (Wildman–Crippen MR) is 84.4 cm³/mol. The number of hydrogen-bond donors (Lipinski definition) is 2. The van der Waals surface area contributed by atoms with Gasteiger partial charge < -0.3 is 10.3 Å². The Bertz CT molecular complexity index is 655. The summed E-state index contributed by atoms with van der Waals surface area (Å²) in [7, 11) is 0. The van der Waals surface area contributed by atoms with Crippen LogP contribution in [0, 0.1) is 6.92 Å². The highest BCUT2D eigenvalue weighted by atomic mass is 32.1. The zero-order valence-electron chi connectivity index (χ0n) is 10.8. The number of benzene rings is 1. The number of para-hydroxylation sites is 1. The fourth-order valence-corrected chi connectivity index (χ4v) is 2.20. The summed E-state index contributed by atoms with van der Waals surface area (Å²) in [5, 5.41) is 5.35. The molecule has 0 saturated carbocycles. The molecule has 0 fully saturated rings. The molecule has 1 heterocycles. The highest BCUT2D eigenvalue weighted by Gasteiger charge is 2.10. The first-order valence-corrected chi connectivity index (χ1v) is 6.33. The summed E-state index contributed by atoms with van der Waals surface area (Å²) in [6.07, 6.45) is 3.63. The molecular formula is C14H16N4S. The van der Waals surface area contributed by atoms with E-state index in [1.807, 2.05) is 18.2 Å². The van der Waals surface area contributed by atoms with Crippen molar-refractivity contribution in [3.05, 3.63) is 48.2 Å². The fourth-order valence-electron chi connectivity index (χ4n) is 2.15. The van der Waals surface area contributed by atoms with Gasteiger partial charge in [-0.1, -0.05) is 24.3 Å². The Kier molecular flexibility index (Phi) is 3.97. The monoisotopic (exact) mass is 272 g/mol. The molecule has 0 aliphatic rings. The van der Waals surface area contributed by atoms with Gasteiger partial charge in [-0.2, -0.15) is 5.10 Å². The lowest BCUT2D eigenvalue weighted by Crippen LogP contribution is -2.24. The van der Waals surface area contributed by atoms with E-state index in [4.69, 9.17) is 18.0 Å². The normalized spacial score (nSPS) is 11.0. The number of hydrazone groups is 1. The number of nitrogens with two attached hydrogens (primary N) is 1. The molecule has 0 amide bonds. The molecule has 0 aliphatic carbocycles. The third-order valence-corrected chi connectivity index (χ3v) is 3.05. The topological polar surface area (TPSA) is 55.3 Å². The maximum atomic E-state index is 5.35. The first-order chi connectivity index (χ1) is 9.15. The highest BCUT2D eigenvalue weighted by molar-refractivity contribution is 7.80. The highest BCUT2D eigenvalue weighted by Crippen LogP contribution is 2.24. The van der Waals surface area contributed by atoms with Gasteiger partial charge in [0.05, 0.1) is 6.21 Å². The van der Waals surface area contributed by atoms with Crippen LogP contribution in [0.15, 0.2) is 42.0 Å². The number of thiocarbonyl (C=S) groups is 1. The van der Waals surface area contributed by atoms with E-state index in [0.29, 0.717) is 0 Å². The van der Waals surface area contributed by atoms with Gasteiger partial charge in [0.25, 0.3) is 0 Å². The van der Waals surface area contributed by atoms with Crippen molar-refractivity contribution in [2.45, 2.75) is 13.5 Å². The van der Waals surface area contributed by atoms with Crippen LogP contribution in [0.4, 0.5) is 0 Å². The van der Waals surface area contributed by atoms with E-state index in [2.05, 4.69) is 40.7 Å². The van der Waals surface area contributed by atoms with Gasteiger partial charge in [0.2, 0.25) is 0 Å². The van der Waals surface area contributed by atoms with Crippen LogP contribution in [-0.2, 0) is 6.54 Å². The number of aromatic nitrogens is 1. The van der Waals surface area contributed by atoms with Crippen LogP contribution < -0.4 is 11.2 Å². The van der Waals surface area contributed by atoms with Crippen LogP contribution in [-0.4, -0.2) is 15.9 Å². The van der Waals surface area contributed by atoms with Gasteiger partial charge in [-0.25, -0.2) is 0 Å². The van der Waals surface area contributed by atoms with Gasteiger partial charge in [0.15, 0.2) is 5.11 Å². The summed E-state index contributed by atoms with van der Waals surface area (Å²) >= 11 is 4.72. The number of allylic oxidation sites excluding steroid dienone is 1. The first kappa shape index (κ1) is 13.3. The summed E-state index contributed by atoms with van der Waals surface area (Å²) in [4.78, 5) is 0. The molecule has 2 rings (SSSR count). The Balaban J connectivity index is 2.53. The second-order valence-corrected chi connectivity index (χ2v) is 4.59. The molecule has 0 bridgehead atoms. The van der Waals surface area contributed by atoms with Gasteiger partial charge in [-0.05, 0) is 25.2 Å². The Morgan fingerprint density at radius 1 is 1.53 bits per heavy atom. The molecule has 0 radical (unpaired) electrons. The second-order valence-electron chi connectivity index (χ2n) is 4.15. The average molecular weight is 272 g/mol. The van der Waals surface area contributed by atoms with Crippen LogP contribution in [0.25, 0.3) is 10.9 Å². The molecule has 0 unspecified atom stereocenters. The molecule has 0 atom stereocenters. The molecule has 19 heavy (non-hydrogen) atoms. The van der Waals surface area contributed by atoms with E-state index >= 15 is 0 Å². The van der Waals surface area contributed by atoms with Crippen molar-refractivity contribution in [3.8, 4) is 0 Å². The van der Waals surface area contributed by atoms with E-state index in [-0.39, 0.29) is 5.11 Å². The molecule has 0 saturated heterocycles. The molecule has 2 aromatic rings. The number of nitrogens with zero attached hydrogens (tertiary/aromatic N) is 2. The van der Waals surface area contributed by atoms with Gasteiger partial charge >= 0.3 is 0 Å². The zero-order chi connectivity index (χ0) is 13.8. The predicted octanol–water partition coefficient (Wildman–Crippen LogP) is 2.30. The Morgan fingerprint density at radius 2 is 2.26 bits per heavy atom. The van der Waals surface area contributed by atoms with E-state index in [0.717, 1.165) is 28.7 Å². The van der Waals surface area contributed by atoms with E-state index in [1.165, 1.54) is 0 Å². The van der Waals surface area contributed by atoms with Crippen LogP contribution in [0.2, 0.25) is 0 Å². The van der Waals surface area contributed by atoms with Crippen molar-refractivity contribution in [3.63, 3.8) is 0 Å². The number of nitrogens with one attached hydrogen (secondary N) is 1. The van der Waals surface area contributed by atoms with Crippen LogP contribution in [0.3, 0.4) is 0 Å². The molecule has 1 aromatic heterocycles. The van der Waals surface area contributed by atoms with Crippen molar-refractivity contribution in [1.29, 1.82) is 0 Å². The van der Waals surface area contributed by atoms with E-state index < -0.39 is 0 Å². The maximum absolute atomic E-state index is 5.35. The first-order valence-electron chi connectivity index (χ1n) is 5.92. The molecule has 0 aliphatic heterocycles. The molecular weight excluding hydrogens is 256 g/mol. The van der Waals surface area contributed by atoms with Crippen LogP contribution in [0.1, 0.15) is 11.3 Å². The summed E-state index contributed by atoms with van der Waals surface area (Å²) in [6.45, 7) is 6.63. The van der Waals surface area contributed by atoms with Gasteiger partial charge in [0.1, 0.15) is 0 Å². The molecule has 1 aromatic carbocycles. The number of hydrogen-bond acceptors (Lipinski definition) is 2. The van der Waals surface area contributed by atoms with Crippen molar-refractivity contribution in [2.24, 2.45) is 10.8 Å². The fraction of sp³-hybridized carbons (Fsp3) is 0.143. The quantitative estimate of drug-likeness (QED) is 0.389. The molecule has 98 valence electrons. The Labute approximate surface area is 117 Å². The lowest BCUT2D eigenvalue weighted by atomic mass is 10.1. The standard InChI is InChI=1S/C14H16N4S/c1-3-8-18-10(2)12(9-16-17-14(15)19)11-6-4-5-7-13(11)18/h3-7,9H,1,8H2,2H3,(H3,15,17,19)/b16-9+. The van der Waals surface area contributed by atoms with Crippen LogP contribution in [0.5, 0.6) is 0 Å². The van der Waals surface area contributed by atoms with Gasteiger partial charge in [-0.15, -0.1) is 6.58 Å². The van der Waals surface area contributed by atoms with Gasteiger partial charge in [0, 0.05) is 28.7 Å². The molecule has 5 heteroatoms. The lowest BCUT2D eigenvalue weighted by molar-refractivity contribution is 0.828. The molecule has 3 N–H and O–H groups in total. The van der Waals surface area contributed by atoms with E-state index in [1.54, 1.807) is 6.21 Å². The smallest absolute Gasteiger partial charge is 0.184 e. The van der Waals surface area contributed by atoms with Crippen molar-refractivity contribution in [2.75, 3.05) is 0 Å². The van der Waals surface area contributed by atoms with Crippen molar-refractivity contribution in [1.82, 2.24) is 9.99 Å². The third kappa shape index (κ3) is 2.66. The number of fused-ring (bicyclic) bond motifs is 1. The average Bonchev–Trinajstić information content (AvgIpc) is 2.65. The molecule has 0 spiro atoms. The minimum absolute atomic E-state index is 0.156. The minimum atomic E-state index is 0.156.